The average molecular weight is 260 g/mol. The van der Waals surface area contributed by atoms with Gasteiger partial charge in [0.25, 0.3) is 5.91 Å². The molecule has 3 nitrogen and oxygen atoms in total. The van der Waals surface area contributed by atoms with E-state index in [0.717, 1.165) is 37.1 Å². The summed E-state index contributed by atoms with van der Waals surface area (Å²) in [4.78, 5) is 14.6. The molecule has 104 valence electrons. The van der Waals surface area contributed by atoms with Crippen molar-refractivity contribution in [1.82, 2.24) is 4.90 Å². The van der Waals surface area contributed by atoms with E-state index in [1.165, 1.54) is 0 Å². The molecule has 1 saturated heterocycles. The topological polar surface area (TPSA) is 46.3 Å². The van der Waals surface area contributed by atoms with Crippen LogP contribution < -0.4 is 5.73 Å². The Bertz CT molecular complexity index is 444. The van der Waals surface area contributed by atoms with E-state index in [9.17, 15) is 4.79 Å². The van der Waals surface area contributed by atoms with Crippen LogP contribution in [0.15, 0.2) is 24.3 Å². The van der Waals surface area contributed by atoms with Gasteiger partial charge in [-0.25, -0.2) is 0 Å². The van der Waals surface area contributed by atoms with Crippen molar-refractivity contribution in [3.05, 3.63) is 35.4 Å². The maximum absolute atomic E-state index is 12.6. The van der Waals surface area contributed by atoms with Crippen LogP contribution in [0.25, 0.3) is 0 Å². The summed E-state index contributed by atoms with van der Waals surface area (Å²) in [6, 6.07) is 7.92. The number of aryl methyl sites for hydroxylation is 1. The van der Waals surface area contributed by atoms with Crippen LogP contribution in [0.5, 0.6) is 0 Å². The van der Waals surface area contributed by atoms with Gasteiger partial charge in [0.2, 0.25) is 0 Å². The lowest BCUT2D eigenvalue weighted by atomic mass is 9.86. The first-order valence-electron chi connectivity index (χ1n) is 7.24. The van der Waals surface area contributed by atoms with Crippen molar-refractivity contribution in [2.45, 2.75) is 26.7 Å². The molecule has 1 aromatic rings. The predicted octanol–water partition coefficient (Wildman–Crippen LogP) is 2.31. The van der Waals surface area contributed by atoms with Crippen LogP contribution in [-0.4, -0.2) is 30.4 Å². The number of amides is 1. The van der Waals surface area contributed by atoms with Crippen molar-refractivity contribution in [3.8, 4) is 0 Å². The van der Waals surface area contributed by atoms with Gasteiger partial charge in [-0.1, -0.05) is 32.0 Å². The molecule has 2 rings (SSSR count). The number of piperidine rings is 1. The van der Waals surface area contributed by atoms with Crippen LogP contribution in [-0.2, 0) is 6.42 Å². The van der Waals surface area contributed by atoms with Gasteiger partial charge >= 0.3 is 0 Å². The number of nitrogens with zero attached hydrogens (tertiary/aromatic N) is 1. The highest BCUT2D eigenvalue weighted by Gasteiger charge is 2.28. The van der Waals surface area contributed by atoms with Crippen molar-refractivity contribution >= 4 is 5.91 Å². The number of carbonyl (C=O) groups is 1. The van der Waals surface area contributed by atoms with E-state index in [0.29, 0.717) is 18.4 Å². The minimum atomic E-state index is 0.169. The highest BCUT2D eigenvalue weighted by Crippen LogP contribution is 2.24. The second-order valence-corrected chi connectivity index (χ2v) is 5.52. The van der Waals surface area contributed by atoms with Crippen molar-refractivity contribution in [2.24, 2.45) is 17.6 Å². The van der Waals surface area contributed by atoms with Crippen LogP contribution >= 0.6 is 0 Å². The Morgan fingerprint density at radius 3 is 2.84 bits per heavy atom. The highest BCUT2D eigenvalue weighted by atomic mass is 16.2. The fourth-order valence-corrected chi connectivity index (χ4v) is 2.85. The molecule has 0 spiro atoms. The molecule has 1 fully saturated rings. The molecule has 1 aliphatic heterocycles. The van der Waals surface area contributed by atoms with E-state index in [4.69, 9.17) is 5.73 Å². The monoisotopic (exact) mass is 260 g/mol. The third kappa shape index (κ3) is 2.98. The van der Waals surface area contributed by atoms with Gasteiger partial charge in [-0.2, -0.15) is 0 Å². The lowest BCUT2D eigenvalue weighted by molar-refractivity contribution is 0.0617. The van der Waals surface area contributed by atoms with Crippen LogP contribution in [0.4, 0.5) is 0 Å². The summed E-state index contributed by atoms with van der Waals surface area (Å²) in [6.45, 7) is 6.65. The largest absolute Gasteiger partial charge is 0.338 e. The van der Waals surface area contributed by atoms with E-state index in [2.05, 4.69) is 13.8 Å². The molecule has 0 radical (unpaired) electrons. The van der Waals surface area contributed by atoms with Gasteiger partial charge in [0.05, 0.1) is 0 Å². The number of rotatable bonds is 3. The summed E-state index contributed by atoms with van der Waals surface area (Å²) in [5.41, 5.74) is 7.80. The zero-order valence-electron chi connectivity index (χ0n) is 11.9. The average Bonchev–Trinajstić information content (AvgIpc) is 2.47. The third-order valence-electron chi connectivity index (χ3n) is 4.33. The van der Waals surface area contributed by atoms with E-state index in [1.807, 2.05) is 29.2 Å². The molecule has 0 bridgehead atoms. The molecule has 1 heterocycles. The van der Waals surface area contributed by atoms with Gasteiger partial charge in [0.15, 0.2) is 0 Å². The fraction of sp³-hybridized carbons (Fsp3) is 0.562. The van der Waals surface area contributed by atoms with Gasteiger partial charge in [0, 0.05) is 18.7 Å². The summed E-state index contributed by atoms with van der Waals surface area (Å²) in [6.07, 6.45) is 1.95. The second kappa shape index (κ2) is 6.20. The smallest absolute Gasteiger partial charge is 0.254 e. The van der Waals surface area contributed by atoms with Gasteiger partial charge in [-0.15, -0.1) is 0 Å². The van der Waals surface area contributed by atoms with Gasteiger partial charge in [-0.05, 0) is 42.9 Å². The molecule has 1 amide bonds. The second-order valence-electron chi connectivity index (χ2n) is 5.52. The summed E-state index contributed by atoms with van der Waals surface area (Å²) in [5.74, 6) is 1.23. The number of benzene rings is 1. The summed E-state index contributed by atoms with van der Waals surface area (Å²) in [5, 5.41) is 0. The molecule has 2 N–H and O–H groups in total. The maximum atomic E-state index is 12.6. The first kappa shape index (κ1) is 14.1. The molecule has 0 saturated carbocycles. The third-order valence-corrected chi connectivity index (χ3v) is 4.33. The van der Waals surface area contributed by atoms with Gasteiger partial charge in [-0.3, -0.25) is 4.79 Å². The van der Waals surface area contributed by atoms with Crippen molar-refractivity contribution in [3.63, 3.8) is 0 Å². The Morgan fingerprint density at radius 2 is 2.16 bits per heavy atom. The Morgan fingerprint density at radius 1 is 1.42 bits per heavy atom. The Labute approximate surface area is 115 Å². The summed E-state index contributed by atoms with van der Waals surface area (Å²) >= 11 is 0. The zero-order chi connectivity index (χ0) is 13.8. The van der Waals surface area contributed by atoms with Crippen LogP contribution in [0, 0.1) is 11.8 Å². The lowest BCUT2D eigenvalue weighted by Crippen LogP contribution is -2.45. The number of carbonyl (C=O) groups excluding carboxylic acids is 1. The molecular formula is C16H24N2O. The standard InChI is InChI=1S/C16H24N2O/c1-3-13-6-4-5-7-15(13)16(19)18-9-8-12(2)14(10-17)11-18/h4-7,12,14H,3,8-11,17H2,1-2H3. The molecule has 1 aliphatic rings. The lowest BCUT2D eigenvalue weighted by Gasteiger charge is -2.36. The van der Waals surface area contributed by atoms with Crippen molar-refractivity contribution < 1.29 is 4.79 Å². The molecule has 0 aliphatic carbocycles. The molecule has 2 atom stereocenters. The Balaban J connectivity index is 2.15. The predicted molar refractivity (Wildman–Crippen MR) is 78.0 cm³/mol. The minimum Gasteiger partial charge on any atom is -0.338 e. The van der Waals surface area contributed by atoms with E-state index in [-0.39, 0.29) is 5.91 Å². The first-order chi connectivity index (χ1) is 9.17. The van der Waals surface area contributed by atoms with E-state index < -0.39 is 0 Å². The molecular weight excluding hydrogens is 236 g/mol. The maximum Gasteiger partial charge on any atom is 0.254 e. The Kier molecular flexibility index (Phi) is 4.59. The summed E-state index contributed by atoms with van der Waals surface area (Å²) in [7, 11) is 0. The number of nitrogens with two attached hydrogens (primary N) is 1. The molecule has 3 heteroatoms. The minimum absolute atomic E-state index is 0.169. The zero-order valence-corrected chi connectivity index (χ0v) is 11.9. The number of hydrogen-bond acceptors (Lipinski definition) is 2. The number of likely N-dealkylation sites (tertiary alicyclic amines) is 1. The van der Waals surface area contributed by atoms with Crippen molar-refractivity contribution in [1.29, 1.82) is 0 Å². The molecule has 19 heavy (non-hydrogen) atoms. The SMILES string of the molecule is CCc1ccccc1C(=O)N1CCC(C)C(CN)C1. The van der Waals surface area contributed by atoms with Crippen LogP contribution in [0.1, 0.15) is 36.2 Å². The quantitative estimate of drug-likeness (QED) is 0.906. The van der Waals surface area contributed by atoms with Gasteiger partial charge < -0.3 is 10.6 Å². The van der Waals surface area contributed by atoms with Crippen molar-refractivity contribution in [2.75, 3.05) is 19.6 Å². The van der Waals surface area contributed by atoms with Gasteiger partial charge in [0.1, 0.15) is 0 Å². The fourth-order valence-electron chi connectivity index (χ4n) is 2.85. The number of hydrogen-bond donors (Lipinski definition) is 1. The first-order valence-corrected chi connectivity index (χ1v) is 7.24. The molecule has 0 aromatic heterocycles. The van der Waals surface area contributed by atoms with Crippen LogP contribution in [0.3, 0.4) is 0 Å². The van der Waals surface area contributed by atoms with E-state index in [1.54, 1.807) is 0 Å². The summed E-state index contributed by atoms with van der Waals surface area (Å²) < 4.78 is 0. The normalized spacial score (nSPS) is 23.4. The van der Waals surface area contributed by atoms with Crippen LogP contribution in [0.2, 0.25) is 0 Å². The highest BCUT2D eigenvalue weighted by molar-refractivity contribution is 5.95. The Hall–Kier alpha value is -1.35. The van der Waals surface area contributed by atoms with E-state index >= 15 is 0 Å². The molecule has 1 aromatic carbocycles. The molecule has 2 unspecified atom stereocenters.